The van der Waals surface area contributed by atoms with Gasteiger partial charge in [0.05, 0.1) is 12.0 Å². The number of rotatable bonds is 5. The van der Waals surface area contributed by atoms with Gasteiger partial charge in [-0.2, -0.15) is 0 Å². The number of carbonyl (C=O) groups is 1. The monoisotopic (exact) mass is 279 g/mol. The van der Waals surface area contributed by atoms with Crippen molar-refractivity contribution in [1.82, 2.24) is 0 Å². The van der Waals surface area contributed by atoms with E-state index in [-0.39, 0.29) is 11.6 Å². The third-order valence-corrected chi connectivity index (χ3v) is 3.39. The summed E-state index contributed by atoms with van der Waals surface area (Å²) in [4.78, 5) is 24.3. The van der Waals surface area contributed by atoms with E-state index >= 15 is 0 Å². The van der Waals surface area contributed by atoms with Gasteiger partial charge < -0.3 is 15.4 Å². The molecular weight excluding hydrogens is 262 g/mol. The van der Waals surface area contributed by atoms with Crippen LogP contribution in [0.1, 0.15) is 18.4 Å². The van der Waals surface area contributed by atoms with Crippen LogP contribution < -0.4 is 15.4 Å². The average Bonchev–Trinajstić information content (AvgIpc) is 2.88. The topological polar surface area (TPSA) is 98.7 Å². The van der Waals surface area contributed by atoms with E-state index in [1.807, 2.05) is 0 Å². The molecule has 1 aliphatic heterocycles. The van der Waals surface area contributed by atoms with E-state index in [0.717, 1.165) is 5.56 Å². The molecule has 0 bridgehead atoms. The minimum Gasteiger partial charge on any atom is -0.496 e. The lowest BCUT2D eigenvalue weighted by molar-refractivity contribution is -0.384. The van der Waals surface area contributed by atoms with Gasteiger partial charge in [0, 0.05) is 24.6 Å². The van der Waals surface area contributed by atoms with E-state index in [1.165, 1.54) is 18.1 Å². The summed E-state index contributed by atoms with van der Waals surface area (Å²) >= 11 is 0. The molecule has 1 aliphatic rings. The van der Waals surface area contributed by atoms with Crippen molar-refractivity contribution in [2.45, 2.75) is 19.3 Å². The maximum Gasteiger partial charge on any atom is 0.293 e. The fourth-order valence-electron chi connectivity index (χ4n) is 2.46. The highest BCUT2D eigenvalue weighted by molar-refractivity contribution is 5.98. The molecule has 1 amide bonds. The van der Waals surface area contributed by atoms with Gasteiger partial charge in [0.15, 0.2) is 0 Å². The van der Waals surface area contributed by atoms with Crippen molar-refractivity contribution in [3.8, 4) is 5.75 Å². The number of methoxy groups -OCH3 is 1. The molecule has 1 aromatic carbocycles. The quantitative estimate of drug-likeness (QED) is 0.645. The normalized spacial score (nSPS) is 13.2. The zero-order valence-electron chi connectivity index (χ0n) is 11.3. The number of amides is 1. The molecule has 0 unspecified atom stereocenters. The molecule has 0 spiro atoms. The van der Waals surface area contributed by atoms with Crippen LogP contribution in [0.25, 0.3) is 0 Å². The Hall–Kier alpha value is -2.15. The van der Waals surface area contributed by atoms with Crippen molar-refractivity contribution in [2.24, 2.45) is 5.73 Å². The van der Waals surface area contributed by atoms with Crippen molar-refractivity contribution in [3.63, 3.8) is 0 Å². The SMILES string of the molecule is COc1ccc([N+](=O)[O-])c2c1CCN2C(=O)CCCN. The first kappa shape index (κ1) is 14.3. The third kappa shape index (κ3) is 2.44. The van der Waals surface area contributed by atoms with E-state index in [2.05, 4.69) is 0 Å². The molecule has 0 saturated carbocycles. The Bertz CT molecular complexity index is 545. The van der Waals surface area contributed by atoms with E-state index in [9.17, 15) is 14.9 Å². The molecule has 0 saturated heterocycles. The van der Waals surface area contributed by atoms with Crippen molar-refractivity contribution in [1.29, 1.82) is 0 Å². The van der Waals surface area contributed by atoms with Gasteiger partial charge in [0.25, 0.3) is 5.69 Å². The van der Waals surface area contributed by atoms with Gasteiger partial charge in [-0.3, -0.25) is 14.9 Å². The number of anilines is 1. The Kier molecular flexibility index (Phi) is 4.19. The number of benzene rings is 1. The summed E-state index contributed by atoms with van der Waals surface area (Å²) in [7, 11) is 1.51. The summed E-state index contributed by atoms with van der Waals surface area (Å²) in [6.45, 7) is 0.868. The summed E-state index contributed by atoms with van der Waals surface area (Å²) in [6, 6.07) is 2.96. The van der Waals surface area contributed by atoms with Crippen molar-refractivity contribution >= 4 is 17.3 Å². The first-order valence-electron chi connectivity index (χ1n) is 6.44. The number of nitrogens with two attached hydrogens (primary N) is 1. The van der Waals surface area contributed by atoms with Gasteiger partial charge in [-0.05, 0) is 25.5 Å². The van der Waals surface area contributed by atoms with Crippen LogP contribution in [0.5, 0.6) is 5.75 Å². The minimum atomic E-state index is -0.465. The Morgan fingerprint density at radius 2 is 2.30 bits per heavy atom. The van der Waals surface area contributed by atoms with Gasteiger partial charge in [-0.25, -0.2) is 0 Å². The summed E-state index contributed by atoms with van der Waals surface area (Å²) in [6.07, 6.45) is 1.43. The summed E-state index contributed by atoms with van der Waals surface area (Å²) in [5.74, 6) is 0.449. The Morgan fingerprint density at radius 1 is 1.55 bits per heavy atom. The van der Waals surface area contributed by atoms with Gasteiger partial charge in [0.2, 0.25) is 5.91 Å². The van der Waals surface area contributed by atoms with Crippen LogP contribution in [-0.4, -0.2) is 31.0 Å². The molecule has 1 heterocycles. The van der Waals surface area contributed by atoms with Crippen LogP contribution in [0.3, 0.4) is 0 Å². The second kappa shape index (κ2) is 5.87. The van der Waals surface area contributed by atoms with Crippen LogP contribution in [0, 0.1) is 10.1 Å². The Labute approximate surface area is 116 Å². The maximum atomic E-state index is 12.1. The van der Waals surface area contributed by atoms with E-state index in [0.29, 0.717) is 43.8 Å². The number of nitro benzene ring substituents is 1. The molecule has 0 fully saturated rings. The lowest BCUT2D eigenvalue weighted by Crippen LogP contribution is -2.29. The number of nitrogens with zero attached hydrogens (tertiary/aromatic N) is 2. The number of nitro groups is 1. The predicted molar refractivity (Wildman–Crippen MR) is 74.0 cm³/mol. The van der Waals surface area contributed by atoms with Crippen LogP contribution in [0.15, 0.2) is 12.1 Å². The first-order valence-corrected chi connectivity index (χ1v) is 6.44. The van der Waals surface area contributed by atoms with E-state index < -0.39 is 4.92 Å². The zero-order chi connectivity index (χ0) is 14.7. The molecule has 2 N–H and O–H groups in total. The lowest BCUT2D eigenvalue weighted by Gasteiger charge is -2.17. The molecule has 0 atom stereocenters. The number of carbonyl (C=O) groups excluding carboxylic acids is 1. The molecule has 7 heteroatoms. The van der Waals surface area contributed by atoms with Crippen LogP contribution >= 0.6 is 0 Å². The molecule has 0 aromatic heterocycles. The molecule has 108 valence electrons. The number of hydrogen-bond donors (Lipinski definition) is 1. The van der Waals surface area contributed by atoms with Crippen molar-refractivity contribution in [2.75, 3.05) is 25.1 Å². The van der Waals surface area contributed by atoms with Crippen molar-refractivity contribution in [3.05, 3.63) is 27.8 Å². The van der Waals surface area contributed by atoms with Crippen LogP contribution in [0.2, 0.25) is 0 Å². The molecule has 0 radical (unpaired) electrons. The van der Waals surface area contributed by atoms with Gasteiger partial charge in [-0.15, -0.1) is 0 Å². The molecule has 20 heavy (non-hydrogen) atoms. The standard InChI is InChI=1S/C13H17N3O4/c1-20-11-5-4-10(16(18)19)13-9(11)6-8-15(13)12(17)3-2-7-14/h4-5H,2-3,6-8,14H2,1H3. The smallest absolute Gasteiger partial charge is 0.293 e. The Balaban J connectivity index is 2.42. The van der Waals surface area contributed by atoms with E-state index in [1.54, 1.807) is 6.07 Å². The molecule has 1 aromatic rings. The summed E-state index contributed by atoms with van der Waals surface area (Å²) < 4.78 is 5.22. The van der Waals surface area contributed by atoms with Gasteiger partial charge in [-0.1, -0.05) is 0 Å². The average molecular weight is 279 g/mol. The fraction of sp³-hybridized carbons (Fsp3) is 0.462. The molecule has 0 aliphatic carbocycles. The fourth-order valence-corrected chi connectivity index (χ4v) is 2.46. The number of hydrogen-bond acceptors (Lipinski definition) is 5. The second-order valence-electron chi connectivity index (χ2n) is 4.56. The predicted octanol–water partition coefficient (Wildman–Crippen LogP) is 1.23. The number of fused-ring (bicyclic) bond motifs is 1. The highest BCUT2D eigenvalue weighted by Crippen LogP contribution is 2.42. The highest BCUT2D eigenvalue weighted by Gasteiger charge is 2.34. The molecule has 7 nitrogen and oxygen atoms in total. The molecule has 2 rings (SSSR count). The zero-order valence-corrected chi connectivity index (χ0v) is 11.3. The lowest BCUT2D eigenvalue weighted by atomic mass is 10.1. The van der Waals surface area contributed by atoms with Crippen molar-refractivity contribution < 1.29 is 14.5 Å². The maximum absolute atomic E-state index is 12.1. The second-order valence-corrected chi connectivity index (χ2v) is 4.56. The minimum absolute atomic E-state index is 0.0561. The summed E-state index contributed by atoms with van der Waals surface area (Å²) in [5.41, 5.74) is 6.44. The number of ether oxygens (including phenoxy) is 1. The Morgan fingerprint density at radius 3 is 2.90 bits per heavy atom. The van der Waals surface area contributed by atoms with Crippen LogP contribution in [-0.2, 0) is 11.2 Å². The molecular formula is C13H17N3O4. The van der Waals surface area contributed by atoms with Gasteiger partial charge in [0.1, 0.15) is 11.4 Å². The highest BCUT2D eigenvalue weighted by atomic mass is 16.6. The first-order chi connectivity index (χ1) is 9.60. The van der Waals surface area contributed by atoms with Crippen LogP contribution in [0.4, 0.5) is 11.4 Å². The van der Waals surface area contributed by atoms with E-state index in [4.69, 9.17) is 10.5 Å². The van der Waals surface area contributed by atoms with Gasteiger partial charge >= 0.3 is 0 Å². The largest absolute Gasteiger partial charge is 0.496 e. The summed E-state index contributed by atoms with van der Waals surface area (Å²) in [5, 5.41) is 11.1. The third-order valence-electron chi connectivity index (χ3n) is 3.39.